The van der Waals surface area contributed by atoms with Crippen molar-refractivity contribution in [2.24, 2.45) is 5.84 Å². The molecular weight excluding hydrogens is 301 g/mol. The fraction of sp³-hybridized carbons (Fsp3) is 0.167. The fourth-order valence-electron chi connectivity index (χ4n) is 1.55. The molecule has 0 bridgehead atoms. The minimum atomic E-state index is 0.353. The maximum absolute atomic E-state index is 6.07. The van der Waals surface area contributed by atoms with E-state index in [9.17, 15) is 0 Å². The molecule has 8 heteroatoms. The number of nitrogen functional groups attached to an aromatic ring is 1. The Morgan fingerprint density at radius 2 is 2.00 bits per heavy atom. The van der Waals surface area contributed by atoms with Crippen LogP contribution < -0.4 is 21.3 Å². The van der Waals surface area contributed by atoms with Crippen LogP contribution in [0.15, 0.2) is 24.4 Å². The van der Waals surface area contributed by atoms with Crippen molar-refractivity contribution < 1.29 is 4.74 Å². The molecule has 2 heterocycles. The number of rotatable bonds is 5. The Kier molecular flexibility index (Phi) is 4.84. The van der Waals surface area contributed by atoms with E-state index < -0.39 is 0 Å². The molecule has 0 atom stereocenters. The van der Waals surface area contributed by atoms with Crippen molar-refractivity contribution in [2.45, 2.75) is 6.54 Å². The first-order valence-electron chi connectivity index (χ1n) is 5.69. The molecule has 2 rings (SSSR count). The van der Waals surface area contributed by atoms with Gasteiger partial charge in [-0.2, -0.15) is 0 Å². The van der Waals surface area contributed by atoms with Crippen LogP contribution in [-0.2, 0) is 6.54 Å². The van der Waals surface area contributed by atoms with Gasteiger partial charge in [-0.3, -0.25) is 0 Å². The van der Waals surface area contributed by atoms with E-state index in [1.54, 1.807) is 19.4 Å². The molecule has 20 heavy (non-hydrogen) atoms. The van der Waals surface area contributed by atoms with Gasteiger partial charge in [0.25, 0.3) is 0 Å². The molecule has 0 spiro atoms. The highest BCUT2D eigenvalue weighted by molar-refractivity contribution is 6.37. The van der Waals surface area contributed by atoms with Gasteiger partial charge in [0.05, 0.1) is 17.2 Å². The van der Waals surface area contributed by atoms with E-state index in [0.29, 0.717) is 34.1 Å². The first kappa shape index (κ1) is 14.6. The average molecular weight is 314 g/mol. The maximum atomic E-state index is 6.07. The van der Waals surface area contributed by atoms with Crippen molar-refractivity contribution in [1.29, 1.82) is 0 Å². The van der Waals surface area contributed by atoms with Gasteiger partial charge in [-0.25, -0.2) is 15.8 Å². The maximum Gasteiger partial charge on any atom is 0.213 e. The van der Waals surface area contributed by atoms with E-state index >= 15 is 0 Å². The number of methoxy groups -OCH3 is 1. The van der Waals surface area contributed by atoms with Gasteiger partial charge in [-0.05, 0) is 17.7 Å². The van der Waals surface area contributed by atoms with Crippen molar-refractivity contribution in [3.05, 3.63) is 40.0 Å². The number of nitrogens with one attached hydrogen (secondary N) is 2. The van der Waals surface area contributed by atoms with E-state index in [1.165, 1.54) is 0 Å². The Morgan fingerprint density at radius 1 is 1.25 bits per heavy atom. The number of aromatic nitrogens is 2. The van der Waals surface area contributed by atoms with Crippen LogP contribution in [0.25, 0.3) is 0 Å². The fourth-order valence-corrected chi connectivity index (χ4v) is 2.03. The molecule has 6 nitrogen and oxygen atoms in total. The molecule has 0 unspecified atom stereocenters. The van der Waals surface area contributed by atoms with Crippen LogP contribution in [0.1, 0.15) is 5.56 Å². The van der Waals surface area contributed by atoms with Crippen LogP contribution >= 0.6 is 23.2 Å². The summed E-state index contributed by atoms with van der Waals surface area (Å²) in [5, 5.41) is 3.87. The summed E-state index contributed by atoms with van der Waals surface area (Å²) < 4.78 is 5.06. The number of nitrogens with zero attached hydrogens (tertiary/aromatic N) is 2. The van der Waals surface area contributed by atoms with Crippen molar-refractivity contribution in [3.63, 3.8) is 0 Å². The highest BCUT2D eigenvalue weighted by atomic mass is 35.5. The van der Waals surface area contributed by atoms with Crippen LogP contribution in [0.5, 0.6) is 5.88 Å². The van der Waals surface area contributed by atoms with Gasteiger partial charge in [0.15, 0.2) is 5.82 Å². The van der Waals surface area contributed by atoms with Crippen molar-refractivity contribution >= 4 is 34.8 Å². The largest absolute Gasteiger partial charge is 0.481 e. The standard InChI is InChI=1S/C12H13Cl2N5O/c1-20-10-4-7(2-3-16-10)6-17-11-8(13)5-9(14)12(18-11)19-15/h2-5H,6,15H2,1H3,(H2,17,18,19). The molecule has 0 amide bonds. The quantitative estimate of drug-likeness (QED) is 0.581. The van der Waals surface area contributed by atoms with E-state index in [4.69, 9.17) is 33.8 Å². The van der Waals surface area contributed by atoms with Gasteiger partial charge in [0, 0.05) is 18.8 Å². The lowest BCUT2D eigenvalue weighted by Gasteiger charge is -2.11. The zero-order valence-corrected chi connectivity index (χ0v) is 12.2. The number of hydrogen-bond donors (Lipinski definition) is 3. The van der Waals surface area contributed by atoms with Crippen molar-refractivity contribution in [2.75, 3.05) is 17.9 Å². The van der Waals surface area contributed by atoms with E-state index in [-0.39, 0.29) is 0 Å². The molecule has 4 N–H and O–H groups in total. The van der Waals surface area contributed by atoms with Crippen LogP contribution in [0.2, 0.25) is 10.0 Å². The van der Waals surface area contributed by atoms with Crippen LogP contribution in [0, 0.1) is 0 Å². The first-order valence-corrected chi connectivity index (χ1v) is 6.45. The summed E-state index contributed by atoms with van der Waals surface area (Å²) in [6.07, 6.45) is 1.67. The third-order valence-electron chi connectivity index (χ3n) is 2.53. The van der Waals surface area contributed by atoms with Gasteiger partial charge >= 0.3 is 0 Å². The Labute approximate surface area is 126 Å². The number of hydrazine groups is 1. The molecule has 0 aliphatic rings. The number of pyridine rings is 2. The summed E-state index contributed by atoms with van der Waals surface area (Å²) in [5.74, 6) is 6.71. The summed E-state index contributed by atoms with van der Waals surface area (Å²) in [6, 6.07) is 5.25. The lowest BCUT2D eigenvalue weighted by molar-refractivity contribution is 0.397. The van der Waals surface area contributed by atoms with E-state index in [1.807, 2.05) is 12.1 Å². The molecule has 0 saturated carbocycles. The predicted molar refractivity (Wildman–Crippen MR) is 80.2 cm³/mol. The topological polar surface area (TPSA) is 85.1 Å². The summed E-state index contributed by atoms with van der Waals surface area (Å²) in [7, 11) is 1.57. The molecule has 0 radical (unpaired) electrons. The average Bonchev–Trinajstić information content (AvgIpc) is 2.46. The molecule has 0 fully saturated rings. The molecule has 2 aromatic heterocycles. The van der Waals surface area contributed by atoms with Crippen molar-refractivity contribution in [3.8, 4) is 5.88 Å². The van der Waals surface area contributed by atoms with Crippen molar-refractivity contribution in [1.82, 2.24) is 9.97 Å². The number of ether oxygens (including phenoxy) is 1. The molecule has 0 aliphatic heterocycles. The number of halogens is 2. The minimum absolute atomic E-state index is 0.353. The van der Waals surface area contributed by atoms with Gasteiger partial charge < -0.3 is 15.5 Å². The zero-order valence-electron chi connectivity index (χ0n) is 10.7. The highest BCUT2D eigenvalue weighted by Crippen LogP contribution is 2.28. The zero-order chi connectivity index (χ0) is 14.5. The lowest BCUT2D eigenvalue weighted by atomic mass is 10.2. The smallest absolute Gasteiger partial charge is 0.213 e. The summed E-state index contributed by atoms with van der Waals surface area (Å²) in [5.41, 5.74) is 3.39. The molecule has 106 valence electrons. The Morgan fingerprint density at radius 3 is 2.70 bits per heavy atom. The summed E-state index contributed by atoms with van der Waals surface area (Å²) in [4.78, 5) is 8.22. The molecule has 0 saturated heterocycles. The highest BCUT2D eigenvalue weighted by Gasteiger charge is 2.08. The number of hydrogen-bond acceptors (Lipinski definition) is 6. The van der Waals surface area contributed by atoms with Crippen LogP contribution in [0.3, 0.4) is 0 Å². The number of anilines is 2. The Balaban J connectivity index is 2.14. The second-order valence-corrected chi connectivity index (χ2v) is 4.67. The molecule has 0 aromatic carbocycles. The van der Waals surface area contributed by atoms with E-state index in [2.05, 4.69) is 20.7 Å². The van der Waals surface area contributed by atoms with Gasteiger partial charge in [-0.1, -0.05) is 23.2 Å². The first-order chi connectivity index (χ1) is 9.63. The minimum Gasteiger partial charge on any atom is -0.481 e. The summed E-state index contributed by atoms with van der Waals surface area (Å²) >= 11 is 12.0. The predicted octanol–water partition coefficient (Wildman–Crippen LogP) is 2.69. The molecular formula is C12H13Cl2N5O. The lowest BCUT2D eigenvalue weighted by Crippen LogP contribution is -2.11. The van der Waals surface area contributed by atoms with Crippen LogP contribution in [0.4, 0.5) is 11.6 Å². The Hall–Kier alpha value is -1.76. The summed E-state index contributed by atoms with van der Waals surface area (Å²) in [6.45, 7) is 0.511. The second kappa shape index (κ2) is 6.60. The Bertz CT molecular complexity index is 608. The molecule has 0 aliphatic carbocycles. The molecule has 2 aromatic rings. The monoisotopic (exact) mass is 313 g/mol. The number of nitrogens with two attached hydrogens (primary N) is 1. The van der Waals surface area contributed by atoms with Gasteiger partial charge in [0.2, 0.25) is 5.88 Å². The third-order valence-corrected chi connectivity index (χ3v) is 3.11. The van der Waals surface area contributed by atoms with Crippen LogP contribution in [-0.4, -0.2) is 17.1 Å². The normalized spacial score (nSPS) is 10.2. The van der Waals surface area contributed by atoms with Gasteiger partial charge in [0.1, 0.15) is 5.82 Å². The van der Waals surface area contributed by atoms with Gasteiger partial charge in [-0.15, -0.1) is 0 Å². The second-order valence-electron chi connectivity index (χ2n) is 3.85. The SMILES string of the molecule is COc1cc(CNc2nc(NN)c(Cl)cc2Cl)ccn1. The third kappa shape index (κ3) is 3.41. The van der Waals surface area contributed by atoms with E-state index in [0.717, 1.165) is 5.56 Å².